The fourth-order valence-corrected chi connectivity index (χ4v) is 2.29. The Balaban J connectivity index is 2.62. The van der Waals surface area contributed by atoms with E-state index < -0.39 is 12.7 Å². The Bertz CT molecular complexity index is 607. The molecule has 0 fully saturated rings. The van der Waals surface area contributed by atoms with Crippen molar-refractivity contribution in [3.63, 3.8) is 0 Å². The van der Waals surface area contributed by atoms with E-state index in [0.29, 0.717) is 11.0 Å². The first-order valence-corrected chi connectivity index (χ1v) is 6.58. The molecule has 0 aliphatic heterocycles. The van der Waals surface area contributed by atoms with Crippen molar-refractivity contribution in [1.82, 2.24) is 9.55 Å². The van der Waals surface area contributed by atoms with Crippen LogP contribution in [0.3, 0.4) is 0 Å². The summed E-state index contributed by atoms with van der Waals surface area (Å²) in [5, 5.41) is 0.443. The molecular formula is C11H8Cl3F3N2. The van der Waals surface area contributed by atoms with Crippen LogP contribution in [-0.2, 0) is 13.0 Å². The van der Waals surface area contributed by atoms with Crippen molar-refractivity contribution in [1.29, 1.82) is 0 Å². The predicted molar refractivity (Wildman–Crippen MR) is 70.2 cm³/mol. The molecule has 0 radical (unpaired) electrons. The van der Waals surface area contributed by atoms with Crippen molar-refractivity contribution in [3.8, 4) is 0 Å². The van der Waals surface area contributed by atoms with Gasteiger partial charge in [-0.3, -0.25) is 0 Å². The van der Waals surface area contributed by atoms with Gasteiger partial charge in [0.1, 0.15) is 12.4 Å². The van der Waals surface area contributed by atoms with Gasteiger partial charge in [0.05, 0.1) is 21.1 Å². The fraction of sp³-hybridized carbons (Fsp3) is 0.364. The molecule has 2 nitrogen and oxygen atoms in total. The number of aryl methyl sites for hydroxylation is 1. The van der Waals surface area contributed by atoms with Gasteiger partial charge < -0.3 is 4.57 Å². The standard InChI is InChI=1S/C11H8Cl3F3N2/c12-2-1-10-18-8-3-6(13)7(14)4-9(8)19(10)5-11(15,16)17/h3-4H,1-2,5H2. The van der Waals surface area contributed by atoms with E-state index in [4.69, 9.17) is 34.8 Å². The molecule has 0 saturated carbocycles. The van der Waals surface area contributed by atoms with E-state index in [1.807, 2.05) is 0 Å². The maximum absolute atomic E-state index is 12.6. The predicted octanol–water partition coefficient (Wildman–Crippen LogP) is 4.69. The lowest BCUT2D eigenvalue weighted by Crippen LogP contribution is -2.19. The van der Waals surface area contributed by atoms with E-state index in [2.05, 4.69) is 4.98 Å². The number of aromatic nitrogens is 2. The van der Waals surface area contributed by atoms with E-state index >= 15 is 0 Å². The van der Waals surface area contributed by atoms with Crippen LogP contribution < -0.4 is 0 Å². The van der Waals surface area contributed by atoms with Crippen LogP contribution in [0.15, 0.2) is 12.1 Å². The molecule has 0 spiro atoms. The van der Waals surface area contributed by atoms with Gasteiger partial charge in [-0.25, -0.2) is 4.98 Å². The van der Waals surface area contributed by atoms with Crippen LogP contribution >= 0.6 is 34.8 Å². The van der Waals surface area contributed by atoms with Crippen molar-refractivity contribution in [2.24, 2.45) is 0 Å². The van der Waals surface area contributed by atoms with Gasteiger partial charge >= 0.3 is 6.18 Å². The molecule has 0 saturated heterocycles. The highest BCUT2D eigenvalue weighted by Crippen LogP contribution is 2.30. The van der Waals surface area contributed by atoms with Gasteiger partial charge in [0.25, 0.3) is 0 Å². The van der Waals surface area contributed by atoms with E-state index in [1.54, 1.807) is 0 Å². The Morgan fingerprint density at radius 2 is 1.79 bits per heavy atom. The normalized spacial score (nSPS) is 12.3. The molecule has 1 aromatic heterocycles. The lowest BCUT2D eigenvalue weighted by atomic mass is 10.3. The summed E-state index contributed by atoms with van der Waals surface area (Å²) in [7, 11) is 0. The smallest absolute Gasteiger partial charge is 0.319 e. The molecular weight excluding hydrogens is 323 g/mol. The second-order valence-corrected chi connectivity index (χ2v) is 5.12. The molecule has 104 valence electrons. The molecule has 2 aromatic rings. The molecule has 8 heteroatoms. The highest BCUT2D eigenvalue weighted by atomic mass is 35.5. The van der Waals surface area contributed by atoms with Crippen LogP contribution in [-0.4, -0.2) is 21.6 Å². The summed E-state index contributed by atoms with van der Waals surface area (Å²) in [6, 6.07) is 2.83. The minimum Gasteiger partial charge on any atom is -0.319 e. The van der Waals surface area contributed by atoms with Gasteiger partial charge in [-0.15, -0.1) is 11.6 Å². The van der Waals surface area contributed by atoms with Crippen LogP contribution in [0, 0.1) is 0 Å². The van der Waals surface area contributed by atoms with Crippen molar-refractivity contribution in [2.45, 2.75) is 19.1 Å². The Morgan fingerprint density at radius 3 is 2.37 bits per heavy atom. The van der Waals surface area contributed by atoms with E-state index in [1.165, 1.54) is 12.1 Å². The van der Waals surface area contributed by atoms with Crippen molar-refractivity contribution < 1.29 is 13.2 Å². The highest BCUT2D eigenvalue weighted by molar-refractivity contribution is 6.42. The number of halogens is 6. The first-order valence-electron chi connectivity index (χ1n) is 5.28. The van der Waals surface area contributed by atoms with E-state index in [0.717, 1.165) is 4.57 Å². The third-order valence-corrected chi connectivity index (χ3v) is 3.44. The minimum absolute atomic E-state index is 0.183. The van der Waals surface area contributed by atoms with Crippen LogP contribution in [0.4, 0.5) is 13.2 Å². The summed E-state index contributed by atoms with van der Waals surface area (Å²) >= 11 is 17.2. The number of alkyl halides is 4. The van der Waals surface area contributed by atoms with Gasteiger partial charge in [0.15, 0.2) is 0 Å². The molecule has 0 amide bonds. The summed E-state index contributed by atoms with van der Waals surface area (Å²) in [6.45, 7) is -1.13. The quantitative estimate of drug-likeness (QED) is 0.746. The zero-order valence-electron chi connectivity index (χ0n) is 9.44. The average Bonchev–Trinajstić information content (AvgIpc) is 2.57. The Labute approximate surface area is 122 Å². The molecule has 0 aliphatic carbocycles. The molecule has 1 aromatic carbocycles. The van der Waals surface area contributed by atoms with E-state index in [9.17, 15) is 13.2 Å². The maximum atomic E-state index is 12.6. The summed E-state index contributed by atoms with van der Waals surface area (Å²) in [5.41, 5.74) is 0.672. The zero-order chi connectivity index (χ0) is 14.2. The molecule has 2 rings (SSSR count). The zero-order valence-corrected chi connectivity index (χ0v) is 11.7. The molecule has 0 N–H and O–H groups in total. The molecule has 1 heterocycles. The molecule has 19 heavy (non-hydrogen) atoms. The Morgan fingerprint density at radius 1 is 1.16 bits per heavy atom. The fourth-order valence-electron chi connectivity index (χ4n) is 1.80. The summed E-state index contributed by atoms with van der Waals surface area (Å²) < 4.78 is 38.9. The number of fused-ring (bicyclic) bond motifs is 1. The lowest BCUT2D eigenvalue weighted by molar-refractivity contribution is -0.140. The van der Waals surface area contributed by atoms with Crippen molar-refractivity contribution >= 4 is 45.8 Å². The number of imidazole rings is 1. The van der Waals surface area contributed by atoms with Crippen LogP contribution in [0.25, 0.3) is 11.0 Å². The second kappa shape index (κ2) is 5.38. The third-order valence-electron chi connectivity index (χ3n) is 2.52. The van der Waals surface area contributed by atoms with Gasteiger partial charge in [-0.1, -0.05) is 23.2 Å². The lowest BCUT2D eigenvalue weighted by Gasteiger charge is -2.11. The van der Waals surface area contributed by atoms with Gasteiger partial charge in [0.2, 0.25) is 0 Å². The first kappa shape index (κ1) is 14.8. The molecule has 0 bridgehead atoms. The summed E-state index contributed by atoms with van der Waals surface area (Å²) in [6.07, 6.45) is -4.11. The summed E-state index contributed by atoms with van der Waals surface area (Å²) in [5.74, 6) is 0.448. The van der Waals surface area contributed by atoms with Gasteiger partial charge in [0, 0.05) is 12.3 Å². The second-order valence-electron chi connectivity index (χ2n) is 3.92. The number of nitrogens with zero attached hydrogens (tertiary/aromatic N) is 2. The monoisotopic (exact) mass is 330 g/mol. The van der Waals surface area contributed by atoms with Crippen LogP contribution in [0.2, 0.25) is 10.0 Å². The van der Waals surface area contributed by atoms with E-state index in [-0.39, 0.29) is 28.2 Å². The number of rotatable bonds is 3. The average molecular weight is 332 g/mol. The largest absolute Gasteiger partial charge is 0.406 e. The number of hydrogen-bond donors (Lipinski definition) is 0. The van der Waals surface area contributed by atoms with Gasteiger partial charge in [-0.2, -0.15) is 13.2 Å². The topological polar surface area (TPSA) is 17.8 Å². The summed E-state index contributed by atoms with van der Waals surface area (Å²) in [4.78, 5) is 4.12. The number of hydrogen-bond acceptors (Lipinski definition) is 1. The van der Waals surface area contributed by atoms with Gasteiger partial charge in [-0.05, 0) is 12.1 Å². The Hall–Kier alpha value is -0.650. The van der Waals surface area contributed by atoms with Crippen molar-refractivity contribution in [2.75, 3.05) is 5.88 Å². The minimum atomic E-state index is -4.35. The van der Waals surface area contributed by atoms with Crippen molar-refractivity contribution in [3.05, 3.63) is 28.0 Å². The van der Waals surface area contributed by atoms with Crippen LogP contribution in [0.5, 0.6) is 0 Å². The molecule has 0 unspecified atom stereocenters. The maximum Gasteiger partial charge on any atom is 0.406 e. The highest BCUT2D eigenvalue weighted by Gasteiger charge is 2.30. The third kappa shape index (κ3) is 3.27. The SMILES string of the molecule is FC(F)(F)Cn1c(CCCl)nc2cc(Cl)c(Cl)cc21. The molecule has 0 atom stereocenters. The Kier molecular flexibility index (Phi) is 4.18. The van der Waals surface area contributed by atoms with Crippen LogP contribution in [0.1, 0.15) is 5.82 Å². The molecule has 0 aliphatic rings. The number of benzene rings is 1. The first-order chi connectivity index (χ1) is 8.81.